The van der Waals surface area contributed by atoms with Crippen molar-refractivity contribution in [3.05, 3.63) is 22.9 Å². The molecule has 2 heterocycles. The number of aromatic nitrogens is 1. The molecule has 2 unspecified atom stereocenters. The van der Waals surface area contributed by atoms with Crippen LogP contribution in [-0.4, -0.2) is 23.6 Å². The molecule has 1 aliphatic heterocycles. The highest BCUT2D eigenvalue weighted by Crippen LogP contribution is 2.34. The summed E-state index contributed by atoms with van der Waals surface area (Å²) in [6.45, 7) is 13.0. The van der Waals surface area contributed by atoms with Crippen LogP contribution in [0.25, 0.3) is 0 Å². The molecule has 1 saturated heterocycles. The average Bonchev–Trinajstić information content (AvgIpc) is 2.78. The summed E-state index contributed by atoms with van der Waals surface area (Å²) in [6, 6.07) is 3.46. The van der Waals surface area contributed by atoms with Crippen molar-refractivity contribution >= 4 is 5.82 Å². The number of nitrogens with one attached hydrogen (secondary N) is 1. The van der Waals surface area contributed by atoms with Crippen LogP contribution in [0.5, 0.6) is 0 Å². The first-order valence-electron chi connectivity index (χ1n) is 8.04. The highest BCUT2D eigenvalue weighted by Gasteiger charge is 2.32. The molecular formula is C17H29N3. The van der Waals surface area contributed by atoms with Gasteiger partial charge in [0.15, 0.2) is 0 Å². The number of pyridine rings is 1. The highest BCUT2D eigenvalue weighted by molar-refractivity contribution is 5.54. The zero-order valence-electron chi connectivity index (χ0n) is 13.7. The largest absolute Gasteiger partial charge is 0.351 e. The van der Waals surface area contributed by atoms with Crippen molar-refractivity contribution in [2.24, 2.45) is 0 Å². The molecule has 0 saturated carbocycles. The second-order valence-electron chi connectivity index (χ2n) is 6.06. The van der Waals surface area contributed by atoms with Gasteiger partial charge < -0.3 is 10.2 Å². The number of nitrogens with zero attached hydrogens (tertiary/aromatic N) is 2. The first-order valence-corrected chi connectivity index (χ1v) is 8.04. The summed E-state index contributed by atoms with van der Waals surface area (Å²) < 4.78 is 0. The predicted molar refractivity (Wildman–Crippen MR) is 86.3 cm³/mol. The minimum atomic E-state index is 0.606. The molecule has 1 aromatic rings. The molecule has 1 aliphatic rings. The lowest BCUT2D eigenvalue weighted by Gasteiger charge is -2.32. The Labute approximate surface area is 123 Å². The second-order valence-corrected chi connectivity index (χ2v) is 6.06. The van der Waals surface area contributed by atoms with Crippen LogP contribution in [0.2, 0.25) is 0 Å². The molecule has 0 amide bonds. The molecule has 112 valence electrons. The topological polar surface area (TPSA) is 28.2 Å². The third-order valence-corrected chi connectivity index (χ3v) is 4.51. The second kappa shape index (κ2) is 6.57. The average molecular weight is 275 g/mol. The molecule has 3 nitrogen and oxygen atoms in total. The Kier molecular flexibility index (Phi) is 5.03. The quantitative estimate of drug-likeness (QED) is 0.890. The molecule has 0 aromatic carbocycles. The Bertz CT molecular complexity index is 456. The molecule has 1 aromatic heterocycles. The van der Waals surface area contributed by atoms with E-state index in [0.29, 0.717) is 12.1 Å². The lowest BCUT2D eigenvalue weighted by molar-refractivity contribution is 0.612. The van der Waals surface area contributed by atoms with Crippen molar-refractivity contribution in [1.82, 2.24) is 10.3 Å². The van der Waals surface area contributed by atoms with Gasteiger partial charge in [0.2, 0.25) is 0 Å². The van der Waals surface area contributed by atoms with Gasteiger partial charge in [0.25, 0.3) is 0 Å². The summed E-state index contributed by atoms with van der Waals surface area (Å²) >= 11 is 0. The third-order valence-electron chi connectivity index (χ3n) is 4.51. The smallest absolute Gasteiger partial charge is 0.134 e. The predicted octanol–water partition coefficient (Wildman–Crippen LogP) is 3.58. The van der Waals surface area contributed by atoms with Crippen LogP contribution in [-0.2, 0) is 6.54 Å². The van der Waals surface area contributed by atoms with Crippen LogP contribution in [0.1, 0.15) is 56.9 Å². The maximum atomic E-state index is 4.90. The molecular weight excluding hydrogens is 246 g/mol. The summed E-state index contributed by atoms with van der Waals surface area (Å²) in [4.78, 5) is 7.48. The first-order chi connectivity index (χ1) is 9.58. The van der Waals surface area contributed by atoms with E-state index in [0.717, 1.165) is 18.8 Å². The molecule has 0 radical (unpaired) electrons. The van der Waals surface area contributed by atoms with E-state index in [4.69, 9.17) is 4.98 Å². The van der Waals surface area contributed by atoms with E-state index in [2.05, 4.69) is 50.9 Å². The Morgan fingerprint density at radius 2 is 2.05 bits per heavy atom. The van der Waals surface area contributed by atoms with Crippen molar-refractivity contribution in [3.8, 4) is 0 Å². The number of aryl methyl sites for hydroxylation is 2. The van der Waals surface area contributed by atoms with Crippen LogP contribution in [0.3, 0.4) is 0 Å². The van der Waals surface area contributed by atoms with Crippen molar-refractivity contribution in [3.63, 3.8) is 0 Å². The summed E-state index contributed by atoms with van der Waals surface area (Å²) in [5.41, 5.74) is 3.87. The van der Waals surface area contributed by atoms with Crippen LogP contribution >= 0.6 is 0 Å². The van der Waals surface area contributed by atoms with E-state index in [9.17, 15) is 0 Å². The SMILES string of the molecule is CCNCc1c(C)cc(C)nc1N1C(C)CCC1CC. The van der Waals surface area contributed by atoms with Gasteiger partial charge in [0, 0.05) is 29.9 Å². The van der Waals surface area contributed by atoms with E-state index in [1.54, 1.807) is 0 Å². The Hall–Kier alpha value is -1.09. The van der Waals surface area contributed by atoms with Crippen molar-refractivity contribution in [1.29, 1.82) is 0 Å². The monoisotopic (exact) mass is 275 g/mol. The standard InChI is InChI=1S/C17H29N3/c1-6-15-9-8-14(5)20(15)17-16(11-18-7-2)12(3)10-13(4)19-17/h10,14-15,18H,6-9,11H2,1-5H3. The first kappa shape index (κ1) is 15.3. The maximum absolute atomic E-state index is 4.90. The highest BCUT2D eigenvalue weighted by atomic mass is 15.3. The Morgan fingerprint density at radius 3 is 2.70 bits per heavy atom. The maximum Gasteiger partial charge on any atom is 0.134 e. The van der Waals surface area contributed by atoms with Crippen molar-refractivity contribution < 1.29 is 0 Å². The minimum absolute atomic E-state index is 0.606. The molecule has 1 fully saturated rings. The van der Waals surface area contributed by atoms with Gasteiger partial charge in [-0.2, -0.15) is 0 Å². The summed E-state index contributed by atoms with van der Waals surface area (Å²) in [5, 5.41) is 3.47. The van der Waals surface area contributed by atoms with Gasteiger partial charge in [-0.3, -0.25) is 0 Å². The van der Waals surface area contributed by atoms with Crippen LogP contribution in [0.4, 0.5) is 5.82 Å². The van der Waals surface area contributed by atoms with E-state index in [-0.39, 0.29) is 0 Å². The van der Waals surface area contributed by atoms with E-state index < -0.39 is 0 Å². The van der Waals surface area contributed by atoms with Crippen LogP contribution < -0.4 is 10.2 Å². The van der Waals surface area contributed by atoms with Gasteiger partial charge in [0.1, 0.15) is 5.82 Å². The number of hydrogen-bond donors (Lipinski definition) is 1. The molecule has 1 N–H and O–H groups in total. The van der Waals surface area contributed by atoms with Crippen molar-refractivity contribution in [2.75, 3.05) is 11.4 Å². The van der Waals surface area contributed by atoms with E-state index >= 15 is 0 Å². The molecule has 0 bridgehead atoms. The summed E-state index contributed by atoms with van der Waals surface area (Å²) in [5.74, 6) is 1.22. The van der Waals surface area contributed by atoms with Crippen LogP contribution in [0.15, 0.2) is 6.07 Å². The minimum Gasteiger partial charge on any atom is -0.351 e. The number of rotatable bonds is 5. The summed E-state index contributed by atoms with van der Waals surface area (Å²) in [7, 11) is 0. The third kappa shape index (κ3) is 2.98. The molecule has 3 heteroatoms. The molecule has 20 heavy (non-hydrogen) atoms. The number of hydrogen-bond acceptors (Lipinski definition) is 3. The molecule has 2 atom stereocenters. The zero-order valence-corrected chi connectivity index (χ0v) is 13.7. The number of anilines is 1. The Morgan fingerprint density at radius 1 is 1.30 bits per heavy atom. The fourth-order valence-corrected chi connectivity index (χ4v) is 3.38. The van der Waals surface area contributed by atoms with E-state index in [1.165, 1.54) is 36.2 Å². The van der Waals surface area contributed by atoms with Gasteiger partial charge in [-0.1, -0.05) is 13.8 Å². The molecule has 2 rings (SSSR count). The lowest BCUT2D eigenvalue weighted by Crippen LogP contribution is -2.36. The molecule has 0 aliphatic carbocycles. The van der Waals surface area contributed by atoms with Gasteiger partial charge in [-0.25, -0.2) is 4.98 Å². The van der Waals surface area contributed by atoms with Gasteiger partial charge in [-0.15, -0.1) is 0 Å². The zero-order chi connectivity index (χ0) is 14.7. The van der Waals surface area contributed by atoms with Gasteiger partial charge >= 0.3 is 0 Å². The fourth-order valence-electron chi connectivity index (χ4n) is 3.38. The molecule has 0 spiro atoms. The normalized spacial score (nSPS) is 22.6. The van der Waals surface area contributed by atoms with Gasteiger partial charge in [0.05, 0.1) is 0 Å². The van der Waals surface area contributed by atoms with E-state index in [1.807, 2.05) is 0 Å². The van der Waals surface area contributed by atoms with Crippen molar-refractivity contribution in [2.45, 2.75) is 72.5 Å². The van der Waals surface area contributed by atoms with Gasteiger partial charge in [-0.05, 0) is 58.2 Å². The van der Waals surface area contributed by atoms with Crippen LogP contribution in [0, 0.1) is 13.8 Å². The lowest BCUT2D eigenvalue weighted by atomic mass is 10.1. The summed E-state index contributed by atoms with van der Waals surface area (Å²) in [6.07, 6.45) is 3.79. The Balaban J connectivity index is 2.42. The fraction of sp³-hybridized carbons (Fsp3) is 0.706.